The Morgan fingerprint density at radius 2 is 2.00 bits per heavy atom. The van der Waals surface area contributed by atoms with Gasteiger partial charge in [-0.25, -0.2) is 4.39 Å². The molecule has 6 heteroatoms. The molecule has 0 aliphatic heterocycles. The lowest BCUT2D eigenvalue weighted by atomic mass is 10.2. The molecule has 19 heavy (non-hydrogen) atoms. The largest absolute Gasteiger partial charge is 0.507 e. The van der Waals surface area contributed by atoms with Crippen molar-refractivity contribution < 1.29 is 19.1 Å². The lowest BCUT2D eigenvalue weighted by Crippen LogP contribution is -2.38. The number of hydrogen-bond donors (Lipinski definition) is 3. The van der Waals surface area contributed by atoms with Crippen molar-refractivity contribution in [2.24, 2.45) is 5.92 Å². The number of hydrogen-bond acceptors (Lipinski definition) is 3. The summed E-state index contributed by atoms with van der Waals surface area (Å²) in [5.74, 6) is -1.68. The molecule has 0 spiro atoms. The molecule has 0 saturated heterocycles. The quantitative estimate of drug-likeness (QED) is 0.746. The molecule has 104 valence electrons. The zero-order chi connectivity index (χ0) is 14.4. The molecular weight excluding hydrogens is 251 g/mol. The molecule has 0 saturated carbocycles. The first kappa shape index (κ1) is 14.9. The number of amides is 2. The number of phenols is 1. The lowest BCUT2D eigenvalue weighted by molar-refractivity contribution is -0.120. The van der Waals surface area contributed by atoms with E-state index in [9.17, 15) is 19.1 Å². The molecule has 0 fully saturated rings. The zero-order valence-electron chi connectivity index (χ0n) is 10.9. The summed E-state index contributed by atoms with van der Waals surface area (Å²) in [6.45, 7) is 4.19. The first-order chi connectivity index (χ1) is 8.90. The van der Waals surface area contributed by atoms with Crippen LogP contribution in [0.15, 0.2) is 18.2 Å². The minimum absolute atomic E-state index is 0.198. The summed E-state index contributed by atoms with van der Waals surface area (Å²) in [6.07, 6.45) is 0. The predicted octanol–water partition coefficient (Wildman–Crippen LogP) is 1.03. The third-order valence-corrected chi connectivity index (χ3v) is 2.32. The lowest BCUT2D eigenvalue weighted by Gasteiger charge is -2.09. The van der Waals surface area contributed by atoms with Gasteiger partial charge in [0.25, 0.3) is 5.91 Å². The van der Waals surface area contributed by atoms with Gasteiger partial charge in [-0.3, -0.25) is 9.59 Å². The van der Waals surface area contributed by atoms with E-state index in [0.717, 1.165) is 18.2 Å². The predicted molar refractivity (Wildman–Crippen MR) is 68.2 cm³/mol. The fourth-order valence-corrected chi connectivity index (χ4v) is 1.33. The number of halogens is 1. The second-order valence-corrected chi connectivity index (χ2v) is 4.54. The summed E-state index contributed by atoms with van der Waals surface area (Å²) >= 11 is 0. The first-order valence-electron chi connectivity index (χ1n) is 5.93. The molecule has 0 unspecified atom stereocenters. The topological polar surface area (TPSA) is 78.4 Å². The van der Waals surface area contributed by atoms with E-state index in [0.29, 0.717) is 12.5 Å². The van der Waals surface area contributed by atoms with E-state index in [-0.39, 0.29) is 23.8 Å². The zero-order valence-corrected chi connectivity index (χ0v) is 10.9. The molecule has 0 aliphatic carbocycles. The Morgan fingerprint density at radius 1 is 1.32 bits per heavy atom. The van der Waals surface area contributed by atoms with Crippen LogP contribution in [-0.2, 0) is 4.79 Å². The number of rotatable bonds is 5. The highest BCUT2D eigenvalue weighted by Gasteiger charge is 2.13. The van der Waals surface area contributed by atoms with Gasteiger partial charge in [0.05, 0.1) is 12.1 Å². The Bertz CT molecular complexity index is 475. The van der Waals surface area contributed by atoms with Crippen molar-refractivity contribution in [2.45, 2.75) is 13.8 Å². The normalized spacial score (nSPS) is 10.3. The summed E-state index contributed by atoms with van der Waals surface area (Å²) < 4.78 is 12.9. The van der Waals surface area contributed by atoms with Crippen molar-refractivity contribution in [2.75, 3.05) is 13.1 Å². The third kappa shape index (κ3) is 4.95. The van der Waals surface area contributed by atoms with Crippen LogP contribution in [0.4, 0.5) is 4.39 Å². The number of phenolic OH excluding ortho intramolecular Hbond substituents is 1. The molecule has 0 atom stereocenters. The highest BCUT2D eigenvalue weighted by atomic mass is 19.1. The third-order valence-electron chi connectivity index (χ3n) is 2.32. The number of carbonyl (C=O) groups excluding carboxylic acids is 2. The fourth-order valence-electron chi connectivity index (χ4n) is 1.33. The van der Waals surface area contributed by atoms with Crippen molar-refractivity contribution in [1.29, 1.82) is 0 Å². The van der Waals surface area contributed by atoms with E-state index < -0.39 is 11.7 Å². The molecule has 1 aromatic rings. The minimum Gasteiger partial charge on any atom is -0.507 e. The van der Waals surface area contributed by atoms with E-state index in [1.54, 1.807) is 0 Å². The second kappa shape index (κ2) is 6.72. The Kier molecular flexibility index (Phi) is 5.29. The van der Waals surface area contributed by atoms with E-state index in [1.165, 1.54) is 0 Å². The number of aromatic hydroxyl groups is 1. The second-order valence-electron chi connectivity index (χ2n) is 4.54. The van der Waals surface area contributed by atoms with E-state index in [2.05, 4.69) is 10.6 Å². The summed E-state index contributed by atoms with van der Waals surface area (Å²) in [5.41, 5.74) is -0.198. The summed E-state index contributed by atoms with van der Waals surface area (Å²) in [4.78, 5) is 23.0. The number of benzene rings is 1. The molecule has 0 heterocycles. The Balaban J connectivity index is 2.51. The Labute approximate surface area is 110 Å². The van der Waals surface area contributed by atoms with Crippen LogP contribution >= 0.6 is 0 Å². The van der Waals surface area contributed by atoms with Crippen molar-refractivity contribution in [3.05, 3.63) is 29.6 Å². The highest BCUT2D eigenvalue weighted by molar-refractivity contribution is 5.98. The van der Waals surface area contributed by atoms with Gasteiger partial charge in [0.15, 0.2) is 0 Å². The van der Waals surface area contributed by atoms with Crippen molar-refractivity contribution in [1.82, 2.24) is 10.6 Å². The van der Waals surface area contributed by atoms with E-state index >= 15 is 0 Å². The molecule has 0 aliphatic rings. The average molecular weight is 268 g/mol. The molecule has 5 nitrogen and oxygen atoms in total. The van der Waals surface area contributed by atoms with E-state index in [1.807, 2.05) is 13.8 Å². The van der Waals surface area contributed by atoms with Crippen LogP contribution in [0.3, 0.4) is 0 Å². The van der Waals surface area contributed by atoms with Gasteiger partial charge >= 0.3 is 0 Å². The van der Waals surface area contributed by atoms with Crippen molar-refractivity contribution in [3.8, 4) is 5.75 Å². The average Bonchev–Trinajstić information content (AvgIpc) is 2.36. The Morgan fingerprint density at radius 3 is 2.63 bits per heavy atom. The number of carbonyl (C=O) groups is 2. The fraction of sp³-hybridized carbons (Fsp3) is 0.385. The SMILES string of the molecule is CC(C)CNC(=O)CNC(=O)c1cc(F)ccc1O. The standard InChI is InChI=1S/C13H17FN2O3/c1-8(2)6-15-12(18)7-16-13(19)10-5-9(14)3-4-11(10)17/h3-5,8,17H,6-7H2,1-2H3,(H,15,18)(H,16,19). The van der Waals surface area contributed by atoms with Gasteiger partial charge in [0, 0.05) is 6.54 Å². The van der Waals surface area contributed by atoms with Gasteiger partial charge < -0.3 is 15.7 Å². The molecule has 1 aromatic carbocycles. The van der Waals surface area contributed by atoms with Crippen LogP contribution in [0.25, 0.3) is 0 Å². The smallest absolute Gasteiger partial charge is 0.255 e. The van der Waals surface area contributed by atoms with Gasteiger partial charge in [0.2, 0.25) is 5.91 Å². The maximum atomic E-state index is 12.9. The van der Waals surface area contributed by atoms with Crippen LogP contribution in [0.2, 0.25) is 0 Å². The molecule has 0 radical (unpaired) electrons. The maximum Gasteiger partial charge on any atom is 0.255 e. The van der Waals surface area contributed by atoms with Crippen LogP contribution in [0.1, 0.15) is 24.2 Å². The number of nitrogens with one attached hydrogen (secondary N) is 2. The van der Waals surface area contributed by atoms with Crippen LogP contribution < -0.4 is 10.6 Å². The van der Waals surface area contributed by atoms with Gasteiger partial charge in [-0.15, -0.1) is 0 Å². The van der Waals surface area contributed by atoms with Crippen LogP contribution in [0.5, 0.6) is 5.75 Å². The molecule has 1 rings (SSSR count). The van der Waals surface area contributed by atoms with Crippen LogP contribution in [-0.4, -0.2) is 30.0 Å². The van der Waals surface area contributed by atoms with Crippen molar-refractivity contribution in [3.63, 3.8) is 0 Å². The minimum atomic E-state index is -0.698. The highest BCUT2D eigenvalue weighted by Crippen LogP contribution is 2.17. The molecule has 2 amide bonds. The molecule has 0 aromatic heterocycles. The van der Waals surface area contributed by atoms with Gasteiger partial charge in [0.1, 0.15) is 11.6 Å². The van der Waals surface area contributed by atoms with Crippen molar-refractivity contribution >= 4 is 11.8 Å². The van der Waals surface area contributed by atoms with Crippen LogP contribution in [0, 0.1) is 11.7 Å². The summed E-state index contributed by atoms with van der Waals surface area (Å²) in [6, 6.07) is 3.04. The summed E-state index contributed by atoms with van der Waals surface area (Å²) in [7, 11) is 0. The Hall–Kier alpha value is -2.11. The maximum absolute atomic E-state index is 12.9. The van der Waals surface area contributed by atoms with Gasteiger partial charge in [-0.1, -0.05) is 13.8 Å². The molecular formula is C13H17FN2O3. The molecule has 0 bridgehead atoms. The monoisotopic (exact) mass is 268 g/mol. The van der Waals surface area contributed by atoms with E-state index in [4.69, 9.17) is 0 Å². The van der Waals surface area contributed by atoms with Gasteiger partial charge in [-0.05, 0) is 24.1 Å². The van der Waals surface area contributed by atoms with Gasteiger partial charge in [-0.2, -0.15) is 0 Å². The first-order valence-corrected chi connectivity index (χ1v) is 5.93. The molecule has 3 N–H and O–H groups in total. The summed E-state index contributed by atoms with van der Waals surface area (Å²) in [5, 5.41) is 14.4.